The van der Waals surface area contributed by atoms with Crippen LogP contribution in [0.3, 0.4) is 0 Å². The normalized spacial score (nSPS) is 12.9. The summed E-state index contributed by atoms with van der Waals surface area (Å²) < 4.78 is 0. The van der Waals surface area contributed by atoms with Gasteiger partial charge in [-0.15, -0.1) is 0 Å². The van der Waals surface area contributed by atoms with E-state index in [-0.39, 0.29) is 5.91 Å². The van der Waals surface area contributed by atoms with Crippen molar-refractivity contribution in [2.75, 3.05) is 0 Å². The number of rotatable bonds is 7. The van der Waals surface area contributed by atoms with Gasteiger partial charge in [-0.3, -0.25) is 4.79 Å². The third kappa shape index (κ3) is 7.67. The minimum atomic E-state index is -0.300. The molecule has 0 spiro atoms. The van der Waals surface area contributed by atoms with Gasteiger partial charge in [0.25, 0.3) is 0 Å². The molecule has 0 atom stereocenters. The first-order valence-corrected chi connectivity index (χ1v) is 6.45. The molecule has 0 fully saturated rings. The van der Waals surface area contributed by atoms with Crippen molar-refractivity contribution in [1.29, 1.82) is 5.26 Å². The summed E-state index contributed by atoms with van der Waals surface area (Å²) in [7, 11) is 0. The second kappa shape index (κ2) is 8.52. The van der Waals surface area contributed by atoms with Crippen LogP contribution in [-0.2, 0) is 4.79 Å². The second-order valence-electron chi connectivity index (χ2n) is 5.24. The minimum Gasteiger partial charge on any atom is -0.370 e. The predicted molar refractivity (Wildman–Crippen MR) is 74.5 cm³/mol. The van der Waals surface area contributed by atoms with Crippen molar-refractivity contribution in [3.63, 3.8) is 0 Å². The molecule has 0 radical (unpaired) electrons. The molecule has 0 unspecified atom stereocenters. The van der Waals surface area contributed by atoms with Gasteiger partial charge < -0.3 is 5.73 Å². The lowest BCUT2D eigenvalue weighted by atomic mass is 9.95. The van der Waals surface area contributed by atoms with Gasteiger partial charge >= 0.3 is 0 Å². The zero-order chi connectivity index (χ0) is 14.1. The van der Waals surface area contributed by atoms with Crippen LogP contribution in [0.1, 0.15) is 47.0 Å². The van der Waals surface area contributed by atoms with Crippen LogP contribution in [0, 0.1) is 23.2 Å². The number of allylic oxidation sites excluding steroid dienone is 4. The average molecular weight is 248 g/mol. The summed E-state index contributed by atoms with van der Waals surface area (Å²) in [5.41, 5.74) is 6.94. The Kier molecular flexibility index (Phi) is 7.78. The molecule has 18 heavy (non-hydrogen) atoms. The summed E-state index contributed by atoms with van der Waals surface area (Å²) in [5.74, 6) is 0.557. The van der Waals surface area contributed by atoms with E-state index >= 15 is 0 Å². The third-order valence-electron chi connectivity index (χ3n) is 2.68. The molecular weight excluding hydrogens is 224 g/mol. The number of amides is 1. The first-order chi connectivity index (χ1) is 8.36. The molecule has 3 nitrogen and oxygen atoms in total. The third-order valence-corrected chi connectivity index (χ3v) is 2.68. The van der Waals surface area contributed by atoms with E-state index in [9.17, 15) is 4.79 Å². The number of hydrogen-bond donors (Lipinski definition) is 1. The van der Waals surface area contributed by atoms with Crippen LogP contribution in [0.2, 0.25) is 0 Å². The van der Waals surface area contributed by atoms with E-state index in [1.54, 1.807) is 0 Å². The number of carbonyl (C=O) groups is 1. The molecule has 0 aromatic heterocycles. The lowest BCUT2D eigenvalue weighted by molar-refractivity contribution is -0.118. The highest BCUT2D eigenvalue weighted by molar-refractivity contribution is 5.74. The number of nitrogens with two attached hydrogens (primary N) is 1. The van der Waals surface area contributed by atoms with Gasteiger partial charge in [0.1, 0.15) is 0 Å². The topological polar surface area (TPSA) is 66.9 Å². The molecule has 1 amide bonds. The smallest absolute Gasteiger partial charge is 0.217 e. The molecule has 2 N–H and O–H groups in total. The van der Waals surface area contributed by atoms with E-state index in [0.29, 0.717) is 30.3 Å². The van der Waals surface area contributed by atoms with Crippen molar-refractivity contribution in [2.45, 2.75) is 47.0 Å². The first kappa shape index (κ1) is 16.4. The van der Waals surface area contributed by atoms with Crippen LogP contribution < -0.4 is 5.73 Å². The Hall–Kier alpha value is -1.56. The van der Waals surface area contributed by atoms with E-state index in [1.165, 1.54) is 0 Å². The van der Waals surface area contributed by atoms with Gasteiger partial charge in [-0.2, -0.15) is 5.26 Å². The van der Waals surface area contributed by atoms with Crippen molar-refractivity contribution in [3.8, 4) is 6.07 Å². The van der Waals surface area contributed by atoms with Crippen LogP contribution in [0.25, 0.3) is 0 Å². The maximum atomic E-state index is 10.8. The fourth-order valence-electron chi connectivity index (χ4n) is 1.49. The summed E-state index contributed by atoms with van der Waals surface area (Å²) in [6, 6.07) is 2.20. The van der Waals surface area contributed by atoms with Gasteiger partial charge in [-0.1, -0.05) is 39.3 Å². The van der Waals surface area contributed by atoms with Crippen molar-refractivity contribution in [2.24, 2.45) is 17.6 Å². The molecule has 0 aromatic rings. The van der Waals surface area contributed by atoms with Gasteiger partial charge in [0.15, 0.2) is 0 Å². The monoisotopic (exact) mass is 248 g/mol. The highest BCUT2D eigenvalue weighted by Gasteiger charge is 2.06. The van der Waals surface area contributed by atoms with E-state index in [1.807, 2.05) is 12.2 Å². The Labute approximate surface area is 110 Å². The van der Waals surface area contributed by atoms with Crippen molar-refractivity contribution < 1.29 is 4.79 Å². The Morgan fingerprint density at radius 2 is 1.89 bits per heavy atom. The summed E-state index contributed by atoms with van der Waals surface area (Å²) in [6.07, 6.45) is 5.72. The largest absolute Gasteiger partial charge is 0.370 e. The molecule has 3 heteroatoms. The van der Waals surface area contributed by atoms with E-state index in [0.717, 1.165) is 12.0 Å². The SMILES string of the molecule is CC(C)C/C=C(C#N)\C=C(/CCC(N)=O)C(C)C. The van der Waals surface area contributed by atoms with Crippen LogP contribution in [0.4, 0.5) is 0 Å². The average Bonchev–Trinajstić information content (AvgIpc) is 2.27. The molecule has 0 aromatic carbocycles. The molecule has 0 rings (SSSR count). The van der Waals surface area contributed by atoms with Crippen LogP contribution in [0.15, 0.2) is 23.3 Å². The quantitative estimate of drug-likeness (QED) is 0.554. The number of carbonyl (C=O) groups excluding carboxylic acids is 1. The molecule has 0 bridgehead atoms. The summed E-state index contributed by atoms with van der Waals surface area (Å²) >= 11 is 0. The van der Waals surface area contributed by atoms with E-state index in [2.05, 4.69) is 33.8 Å². The van der Waals surface area contributed by atoms with Gasteiger partial charge in [0, 0.05) is 12.0 Å². The molecule has 0 saturated heterocycles. The van der Waals surface area contributed by atoms with Crippen molar-refractivity contribution in [3.05, 3.63) is 23.3 Å². The molecule has 0 aliphatic heterocycles. The summed E-state index contributed by atoms with van der Waals surface area (Å²) in [4.78, 5) is 10.8. The zero-order valence-electron chi connectivity index (χ0n) is 11.9. The zero-order valence-corrected chi connectivity index (χ0v) is 11.9. The van der Waals surface area contributed by atoms with Crippen molar-refractivity contribution >= 4 is 5.91 Å². The summed E-state index contributed by atoms with van der Waals surface area (Å²) in [6.45, 7) is 8.35. The lowest BCUT2D eigenvalue weighted by Gasteiger charge is -2.10. The van der Waals surface area contributed by atoms with Gasteiger partial charge in [0.05, 0.1) is 6.07 Å². The number of primary amides is 1. The number of nitrogens with zero attached hydrogens (tertiary/aromatic N) is 1. The van der Waals surface area contributed by atoms with Gasteiger partial charge in [-0.25, -0.2) is 0 Å². The van der Waals surface area contributed by atoms with E-state index in [4.69, 9.17) is 11.0 Å². The van der Waals surface area contributed by atoms with Crippen LogP contribution in [0.5, 0.6) is 0 Å². The first-order valence-electron chi connectivity index (χ1n) is 6.45. The van der Waals surface area contributed by atoms with Gasteiger partial charge in [-0.05, 0) is 30.8 Å². The van der Waals surface area contributed by atoms with Crippen molar-refractivity contribution in [1.82, 2.24) is 0 Å². The maximum absolute atomic E-state index is 10.8. The Morgan fingerprint density at radius 3 is 2.28 bits per heavy atom. The molecule has 0 aliphatic carbocycles. The highest BCUT2D eigenvalue weighted by atomic mass is 16.1. The number of hydrogen-bond acceptors (Lipinski definition) is 2. The number of nitriles is 1. The molecule has 0 aliphatic rings. The lowest BCUT2D eigenvalue weighted by Crippen LogP contribution is -2.11. The fourth-order valence-corrected chi connectivity index (χ4v) is 1.49. The standard InChI is InChI=1S/C15H24N2O/c1-11(2)5-6-13(10-16)9-14(12(3)4)7-8-15(17)18/h6,9,11-12H,5,7-8H2,1-4H3,(H2,17,18)/b13-6+,14-9+. The molecular formula is C15H24N2O. The van der Waals surface area contributed by atoms with E-state index < -0.39 is 0 Å². The summed E-state index contributed by atoms with van der Waals surface area (Å²) in [5, 5.41) is 9.09. The second-order valence-corrected chi connectivity index (χ2v) is 5.24. The fraction of sp³-hybridized carbons (Fsp3) is 0.600. The predicted octanol–water partition coefficient (Wildman–Crippen LogP) is 3.33. The van der Waals surface area contributed by atoms with Gasteiger partial charge in [0.2, 0.25) is 5.91 Å². The Balaban J connectivity index is 4.85. The maximum Gasteiger partial charge on any atom is 0.217 e. The van der Waals surface area contributed by atoms with Crippen LogP contribution in [-0.4, -0.2) is 5.91 Å². The molecule has 0 heterocycles. The molecule has 0 saturated carbocycles. The highest BCUT2D eigenvalue weighted by Crippen LogP contribution is 2.18. The van der Waals surface area contributed by atoms with Crippen LogP contribution >= 0.6 is 0 Å². The minimum absolute atomic E-state index is 0.300. The Morgan fingerprint density at radius 1 is 1.28 bits per heavy atom. The Bertz CT molecular complexity index is 370. The molecule has 100 valence electrons.